The van der Waals surface area contributed by atoms with E-state index >= 15 is 0 Å². The van der Waals surface area contributed by atoms with Crippen LogP contribution in [0.4, 0.5) is 0 Å². The van der Waals surface area contributed by atoms with Crippen LogP contribution in [0.5, 0.6) is 0 Å². The van der Waals surface area contributed by atoms with Crippen LogP contribution in [0.25, 0.3) is 0 Å². The maximum Gasteiger partial charge on any atom is 0.279 e. The van der Waals surface area contributed by atoms with E-state index in [0.29, 0.717) is 12.5 Å². The normalized spacial score (nSPS) is 26.6. The van der Waals surface area contributed by atoms with E-state index in [1.165, 1.54) is 0 Å². The second-order valence-electron chi connectivity index (χ2n) is 6.21. The van der Waals surface area contributed by atoms with Crippen molar-refractivity contribution in [3.05, 3.63) is 0 Å². The molecule has 1 saturated heterocycles. The lowest BCUT2D eigenvalue weighted by molar-refractivity contribution is 0.241. The van der Waals surface area contributed by atoms with Crippen molar-refractivity contribution in [2.24, 2.45) is 5.92 Å². The molecule has 0 spiro atoms. The quantitative estimate of drug-likeness (QED) is 0.668. The summed E-state index contributed by atoms with van der Waals surface area (Å²) in [5, 5.41) is 3.36. The number of nitrogens with zero attached hydrogens (tertiary/aromatic N) is 1. The monoisotopic (exact) mass is 303 g/mol. The molecule has 1 aliphatic carbocycles. The van der Waals surface area contributed by atoms with Crippen molar-refractivity contribution in [2.45, 2.75) is 64.5 Å². The minimum Gasteiger partial charge on any atom is -0.315 e. The van der Waals surface area contributed by atoms with Gasteiger partial charge in [0.1, 0.15) is 0 Å². The van der Waals surface area contributed by atoms with Crippen LogP contribution in [0, 0.1) is 5.92 Å². The lowest BCUT2D eigenvalue weighted by Crippen LogP contribution is -2.54. The summed E-state index contributed by atoms with van der Waals surface area (Å²) >= 11 is 0. The zero-order valence-electron chi connectivity index (χ0n) is 12.8. The van der Waals surface area contributed by atoms with E-state index in [4.69, 9.17) is 0 Å². The molecule has 118 valence electrons. The third-order valence-corrected chi connectivity index (χ3v) is 6.12. The first-order chi connectivity index (χ1) is 9.54. The summed E-state index contributed by atoms with van der Waals surface area (Å²) in [6, 6.07) is 0.186. The van der Waals surface area contributed by atoms with Gasteiger partial charge in [-0.25, -0.2) is 0 Å². The molecule has 2 N–H and O–H groups in total. The van der Waals surface area contributed by atoms with Gasteiger partial charge in [0.15, 0.2) is 0 Å². The highest BCUT2D eigenvalue weighted by Crippen LogP contribution is 2.33. The highest BCUT2D eigenvalue weighted by molar-refractivity contribution is 7.87. The van der Waals surface area contributed by atoms with Gasteiger partial charge in [-0.1, -0.05) is 13.3 Å². The van der Waals surface area contributed by atoms with Crippen LogP contribution in [0.2, 0.25) is 0 Å². The van der Waals surface area contributed by atoms with Crippen molar-refractivity contribution in [3.63, 3.8) is 0 Å². The Balaban J connectivity index is 1.94. The minimum absolute atomic E-state index is 0.0752. The predicted molar refractivity (Wildman–Crippen MR) is 81.7 cm³/mol. The first-order valence-electron chi connectivity index (χ1n) is 8.04. The van der Waals surface area contributed by atoms with Gasteiger partial charge in [-0.2, -0.15) is 17.4 Å². The standard InChI is InChI=1S/C14H29N3O2S/c1-3-9-15-11-14-6-4-5-10-17(14)20(18,19)16-12(2)13-7-8-13/h12-16H,3-11H2,1-2H3. The zero-order chi connectivity index (χ0) is 14.6. The van der Waals surface area contributed by atoms with E-state index in [1.807, 2.05) is 6.92 Å². The summed E-state index contributed by atoms with van der Waals surface area (Å²) < 4.78 is 29.7. The molecular weight excluding hydrogens is 274 g/mol. The molecule has 2 fully saturated rings. The number of piperidine rings is 1. The molecule has 2 rings (SSSR count). The van der Waals surface area contributed by atoms with E-state index < -0.39 is 10.2 Å². The van der Waals surface area contributed by atoms with Crippen molar-refractivity contribution in [3.8, 4) is 0 Å². The summed E-state index contributed by atoms with van der Waals surface area (Å²) in [6.07, 6.45) is 6.47. The molecule has 0 amide bonds. The van der Waals surface area contributed by atoms with Gasteiger partial charge >= 0.3 is 0 Å². The fraction of sp³-hybridized carbons (Fsp3) is 1.00. The highest BCUT2D eigenvalue weighted by atomic mass is 32.2. The predicted octanol–water partition coefficient (Wildman–Crippen LogP) is 1.47. The summed E-state index contributed by atoms with van der Waals surface area (Å²) in [4.78, 5) is 0. The molecule has 0 aromatic carbocycles. The van der Waals surface area contributed by atoms with E-state index in [1.54, 1.807) is 4.31 Å². The van der Waals surface area contributed by atoms with Gasteiger partial charge < -0.3 is 5.32 Å². The average molecular weight is 303 g/mol. The Bertz CT molecular complexity index is 395. The smallest absolute Gasteiger partial charge is 0.279 e. The van der Waals surface area contributed by atoms with Crippen LogP contribution in [0.15, 0.2) is 0 Å². The van der Waals surface area contributed by atoms with Crippen LogP contribution in [0.3, 0.4) is 0 Å². The number of hydrogen-bond donors (Lipinski definition) is 2. The van der Waals surface area contributed by atoms with E-state index in [-0.39, 0.29) is 12.1 Å². The molecule has 0 aromatic heterocycles. The average Bonchev–Trinajstić information content (AvgIpc) is 3.23. The molecule has 0 radical (unpaired) electrons. The fourth-order valence-corrected chi connectivity index (χ4v) is 4.67. The van der Waals surface area contributed by atoms with E-state index in [0.717, 1.165) is 51.6 Å². The molecule has 1 aliphatic heterocycles. The molecule has 1 saturated carbocycles. The Hall–Kier alpha value is -0.170. The van der Waals surface area contributed by atoms with Gasteiger partial charge in [0.2, 0.25) is 0 Å². The topological polar surface area (TPSA) is 61.4 Å². The van der Waals surface area contributed by atoms with Crippen LogP contribution in [0.1, 0.15) is 52.4 Å². The van der Waals surface area contributed by atoms with Crippen molar-refractivity contribution in [1.29, 1.82) is 0 Å². The Labute approximate surface area is 123 Å². The Morgan fingerprint density at radius 2 is 2.00 bits per heavy atom. The molecule has 1 heterocycles. The Morgan fingerprint density at radius 3 is 2.65 bits per heavy atom. The van der Waals surface area contributed by atoms with Gasteiger partial charge in [0, 0.05) is 25.2 Å². The molecule has 5 nitrogen and oxygen atoms in total. The SMILES string of the molecule is CCCNCC1CCCCN1S(=O)(=O)NC(C)C1CC1. The third kappa shape index (κ3) is 4.41. The van der Waals surface area contributed by atoms with Crippen LogP contribution in [-0.4, -0.2) is 44.4 Å². The molecule has 20 heavy (non-hydrogen) atoms. The Kier molecular flexibility index (Phi) is 5.84. The van der Waals surface area contributed by atoms with E-state index in [2.05, 4.69) is 17.0 Å². The van der Waals surface area contributed by atoms with Crippen molar-refractivity contribution >= 4 is 10.2 Å². The van der Waals surface area contributed by atoms with Crippen LogP contribution in [-0.2, 0) is 10.2 Å². The van der Waals surface area contributed by atoms with Gasteiger partial charge in [-0.3, -0.25) is 0 Å². The van der Waals surface area contributed by atoms with Gasteiger partial charge in [0.05, 0.1) is 0 Å². The number of hydrogen-bond acceptors (Lipinski definition) is 3. The van der Waals surface area contributed by atoms with Crippen molar-refractivity contribution < 1.29 is 8.42 Å². The molecular formula is C14H29N3O2S. The molecule has 0 bridgehead atoms. The lowest BCUT2D eigenvalue weighted by Gasteiger charge is -2.35. The first-order valence-corrected chi connectivity index (χ1v) is 9.48. The van der Waals surface area contributed by atoms with E-state index in [9.17, 15) is 8.42 Å². The summed E-state index contributed by atoms with van der Waals surface area (Å²) in [6.45, 7) is 6.50. The highest BCUT2D eigenvalue weighted by Gasteiger charge is 2.36. The molecule has 2 atom stereocenters. The summed E-state index contributed by atoms with van der Waals surface area (Å²) in [5.41, 5.74) is 0. The third-order valence-electron chi connectivity index (χ3n) is 4.35. The summed E-state index contributed by atoms with van der Waals surface area (Å²) in [5.74, 6) is 0.547. The molecule has 2 aliphatic rings. The van der Waals surface area contributed by atoms with Crippen LogP contribution < -0.4 is 10.0 Å². The second-order valence-corrected chi connectivity index (χ2v) is 7.87. The lowest BCUT2D eigenvalue weighted by atomic mass is 10.1. The molecule has 2 unspecified atom stereocenters. The minimum atomic E-state index is -3.33. The number of rotatable bonds is 8. The maximum absolute atomic E-state index is 12.6. The largest absolute Gasteiger partial charge is 0.315 e. The maximum atomic E-state index is 12.6. The van der Waals surface area contributed by atoms with Gasteiger partial charge in [-0.15, -0.1) is 0 Å². The van der Waals surface area contributed by atoms with Crippen molar-refractivity contribution in [1.82, 2.24) is 14.3 Å². The van der Waals surface area contributed by atoms with Gasteiger partial charge in [0.25, 0.3) is 10.2 Å². The molecule has 0 aromatic rings. The molecule has 6 heteroatoms. The Morgan fingerprint density at radius 1 is 1.25 bits per heavy atom. The van der Waals surface area contributed by atoms with Crippen LogP contribution >= 0.6 is 0 Å². The number of nitrogens with one attached hydrogen (secondary N) is 2. The van der Waals surface area contributed by atoms with Gasteiger partial charge in [-0.05, 0) is 51.5 Å². The van der Waals surface area contributed by atoms with Crippen molar-refractivity contribution in [2.75, 3.05) is 19.6 Å². The second kappa shape index (κ2) is 7.20. The first kappa shape index (κ1) is 16.2. The fourth-order valence-electron chi connectivity index (χ4n) is 2.93. The zero-order valence-corrected chi connectivity index (χ0v) is 13.6. The summed E-state index contributed by atoms with van der Waals surface area (Å²) in [7, 11) is -3.33.